The molecule has 0 amide bonds. The molecule has 16 heavy (non-hydrogen) atoms. The Labute approximate surface area is 99.3 Å². The maximum absolute atomic E-state index is 3.67. The summed E-state index contributed by atoms with van der Waals surface area (Å²) in [5.74, 6) is 1.72. The third kappa shape index (κ3) is 2.65. The SMILES string of the molecule is CCC(C)C1CCNC1Cc1ccccc1. The van der Waals surface area contributed by atoms with Gasteiger partial charge in [-0.1, -0.05) is 50.6 Å². The molecule has 3 unspecified atom stereocenters. The van der Waals surface area contributed by atoms with Crippen molar-refractivity contribution in [2.45, 2.75) is 39.2 Å². The van der Waals surface area contributed by atoms with E-state index in [9.17, 15) is 0 Å². The van der Waals surface area contributed by atoms with Crippen LogP contribution in [0.3, 0.4) is 0 Å². The van der Waals surface area contributed by atoms with Crippen molar-refractivity contribution in [3.05, 3.63) is 35.9 Å². The molecule has 0 bridgehead atoms. The molecule has 2 rings (SSSR count). The van der Waals surface area contributed by atoms with E-state index in [0.717, 1.165) is 11.8 Å². The van der Waals surface area contributed by atoms with Crippen LogP contribution in [0.15, 0.2) is 30.3 Å². The molecule has 1 aliphatic heterocycles. The molecule has 3 atom stereocenters. The van der Waals surface area contributed by atoms with Crippen LogP contribution in [0, 0.1) is 11.8 Å². The molecule has 1 nitrogen and oxygen atoms in total. The third-order valence-corrected chi connectivity index (χ3v) is 4.07. The number of benzene rings is 1. The predicted molar refractivity (Wildman–Crippen MR) is 69.5 cm³/mol. The van der Waals surface area contributed by atoms with E-state index in [1.807, 2.05) is 0 Å². The highest BCUT2D eigenvalue weighted by atomic mass is 15.0. The smallest absolute Gasteiger partial charge is 0.0139 e. The van der Waals surface area contributed by atoms with E-state index in [0.29, 0.717) is 6.04 Å². The Kier molecular flexibility index (Phi) is 4.00. The first-order valence-electron chi connectivity index (χ1n) is 6.58. The van der Waals surface area contributed by atoms with Gasteiger partial charge in [0.2, 0.25) is 0 Å². The average molecular weight is 217 g/mol. The lowest BCUT2D eigenvalue weighted by Crippen LogP contribution is -2.32. The zero-order valence-corrected chi connectivity index (χ0v) is 10.4. The fourth-order valence-electron chi connectivity index (χ4n) is 2.86. The summed E-state index contributed by atoms with van der Waals surface area (Å²) in [5.41, 5.74) is 1.47. The van der Waals surface area contributed by atoms with Gasteiger partial charge in [0.05, 0.1) is 0 Å². The molecule has 0 aliphatic carbocycles. The summed E-state index contributed by atoms with van der Waals surface area (Å²) in [6.07, 6.45) is 3.85. The summed E-state index contributed by atoms with van der Waals surface area (Å²) in [7, 11) is 0. The fourth-order valence-corrected chi connectivity index (χ4v) is 2.86. The second kappa shape index (κ2) is 5.49. The Bertz CT molecular complexity index is 306. The highest BCUT2D eigenvalue weighted by molar-refractivity contribution is 5.16. The Hall–Kier alpha value is -0.820. The van der Waals surface area contributed by atoms with Crippen LogP contribution in [0.5, 0.6) is 0 Å². The summed E-state index contributed by atoms with van der Waals surface area (Å²) in [5, 5.41) is 3.67. The number of rotatable bonds is 4. The van der Waals surface area contributed by atoms with Crippen LogP contribution in [0.2, 0.25) is 0 Å². The van der Waals surface area contributed by atoms with Crippen molar-refractivity contribution < 1.29 is 0 Å². The Morgan fingerprint density at radius 1 is 1.31 bits per heavy atom. The molecular weight excluding hydrogens is 194 g/mol. The van der Waals surface area contributed by atoms with Gasteiger partial charge in [-0.25, -0.2) is 0 Å². The first-order valence-corrected chi connectivity index (χ1v) is 6.58. The van der Waals surface area contributed by atoms with Crippen LogP contribution in [0.4, 0.5) is 0 Å². The van der Waals surface area contributed by atoms with E-state index in [1.54, 1.807) is 0 Å². The molecule has 1 aromatic carbocycles. The molecule has 0 aromatic heterocycles. The van der Waals surface area contributed by atoms with Crippen LogP contribution < -0.4 is 5.32 Å². The molecule has 0 saturated carbocycles. The van der Waals surface area contributed by atoms with Gasteiger partial charge >= 0.3 is 0 Å². The van der Waals surface area contributed by atoms with E-state index in [4.69, 9.17) is 0 Å². The quantitative estimate of drug-likeness (QED) is 0.816. The second-order valence-corrected chi connectivity index (χ2v) is 5.09. The van der Waals surface area contributed by atoms with Crippen molar-refractivity contribution in [2.24, 2.45) is 11.8 Å². The maximum Gasteiger partial charge on any atom is 0.0139 e. The minimum Gasteiger partial charge on any atom is -0.313 e. The third-order valence-electron chi connectivity index (χ3n) is 4.07. The van der Waals surface area contributed by atoms with Gasteiger partial charge < -0.3 is 5.32 Å². The lowest BCUT2D eigenvalue weighted by atomic mass is 9.83. The normalized spacial score (nSPS) is 26.9. The molecule has 1 N–H and O–H groups in total. The largest absolute Gasteiger partial charge is 0.313 e. The number of hydrogen-bond acceptors (Lipinski definition) is 1. The standard InChI is InChI=1S/C15H23N/c1-3-12(2)14-9-10-16-15(14)11-13-7-5-4-6-8-13/h4-8,12,14-16H,3,9-11H2,1-2H3. The number of hydrogen-bond donors (Lipinski definition) is 1. The van der Waals surface area contributed by atoms with Crippen molar-refractivity contribution in [1.29, 1.82) is 0 Å². The summed E-state index contributed by atoms with van der Waals surface area (Å²) in [6, 6.07) is 11.6. The summed E-state index contributed by atoms with van der Waals surface area (Å²) in [6.45, 7) is 5.91. The van der Waals surface area contributed by atoms with Crippen LogP contribution in [0.25, 0.3) is 0 Å². The second-order valence-electron chi connectivity index (χ2n) is 5.09. The predicted octanol–water partition coefficient (Wildman–Crippen LogP) is 3.25. The first-order chi connectivity index (χ1) is 7.81. The Morgan fingerprint density at radius 2 is 2.06 bits per heavy atom. The maximum atomic E-state index is 3.67. The average Bonchev–Trinajstić information content (AvgIpc) is 2.77. The molecule has 0 spiro atoms. The molecule has 1 heteroatoms. The van der Waals surface area contributed by atoms with Crippen molar-refractivity contribution >= 4 is 0 Å². The van der Waals surface area contributed by atoms with Crippen LogP contribution in [-0.4, -0.2) is 12.6 Å². The van der Waals surface area contributed by atoms with Gasteiger partial charge in [0.1, 0.15) is 0 Å². The van der Waals surface area contributed by atoms with Crippen LogP contribution >= 0.6 is 0 Å². The molecule has 1 heterocycles. The van der Waals surface area contributed by atoms with Crippen molar-refractivity contribution in [3.8, 4) is 0 Å². The molecule has 1 aromatic rings. The van der Waals surface area contributed by atoms with E-state index in [-0.39, 0.29) is 0 Å². The van der Waals surface area contributed by atoms with Gasteiger partial charge in [-0.15, -0.1) is 0 Å². The summed E-state index contributed by atoms with van der Waals surface area (Å²) in [4.78, 5) is 0. The van der Waals surface area contributed by atoms with E-state index in [1.165, 1.54) is 31.4 Å². The van der Waals surface area contributed by atoms with E-state index >= 15 is 0 Å². The van der Waals surface area contributed by atoms with Crippen molar-refractivity contribution in [3.63, 3.8) is 0 Å². The fraction of sp³-hybridized carbons (Fsp3) is 0.600. The van der Waals surface area contributed by atoms with Gasteiger partial charge in [0, 0.05) is 6.04 Å². The highest BCUT2D eigenvalue weighted by Gasteiger charge is 2.30. The summed E-state index contributed by atoms with van der Waals surface area (Å²) < 4.78 is 0. The molecule has 1 aliphatic rings. The first kappa shape index (κ1) is 11.7. The topological polar surface area (TPSA) is 12.0 Å². The van der Waals surface area contributed by atoms with Gasteiger partial charge in [-0.05, 0) is 36.8 Å². The zero-order valence-electron chi connectivity index (χ0n) is 10.4. The minimum absolute atomic E-state index is 0.692. The van der Waals surface area contributed by atoms with Crippen molar-refractivity contribution in [1.82, 2.24) is 5.32 Å². The highest BCUT2D eigenvalue weighted by Crippen LogP contribution is 2.28. The van der Waals surface area contributed by atoms with Gasteiger partial charge in [-0.2, -0.15) is 0 Å². The molecular formula is C15H23N. The monoisotopic (exact) mass is 217 g/mol. The lowest BCUT2D eigenvalue weighted by molar-refractivity contribution is 0.311. The van der Waals surface area contributed by atoms with E-state index in [2.05, 4.69) is 49.5 Å². The summed E-state index contributed by atoms with van der Waals surface area (Å²) >= 11 is 0. The molecule has 0 radical (unpaired) electrons. The van der Waals surface area contributed by atoms with Gasteiger partial charge in [0.25, 0.3) is 0 Å². The Balaban J connectivity index is 1.99. The van der Waals surface area contributed by atoms with Gasteiger partial charge in [0.15, 0.2) is 0 Å². The minimum atomic E-state index is 0.692. The van der Waals surface area contributed by atoms with Crippen molar-refractivity contribution in [2.75, 3.05) is 6.54 Å². The Morgan fingerprint density at radius 3 is 2.75 bits per heavy atom. The van der Waals surface area contributed by atoms with Crippen LogP contribution in [0.1, 0.15) is 32.3 Å². The van der Waals surface area contributed by atoms with Crippen LogP contribution in [-0.2, 0) is 6.42 Å². The zero-order chi connectivity index (χ0) is 11.4. The van der Waals surface area contributed by atoms with E-state index < -0.39 is 0 Å². The lowest BCUT2D eigenvalue weighted by Gasteiger charge is -2.24. The van der Waals surface area contributed by atoms with Gasteiger partial charge in [-0.3, -0.25) is 0 Å². The number of nitrogens with one attached hydrogen (secondary N) is 1. The molecule has 88 valence electrons. The molecule has 1 fully saturated rings. The molecule has 1 saturated heterocycles.